The molecule has 3 nitrogen and oxygen atoms in total. The van der Waals surface area contributed by atoms with Crippen LogP contribution < -0.4 is 5.73 Å². The van der Waals surface area contributed by atoms with Gasteiger partial charge in [0.1, 0.15) is 10.8 Å². The van der Waals surface area contributed by atoms with Crippen molar-refractivity contribution in [2.45, 2.75) is 13.8 Å². The van der Waals surface area contributed by atoms with Crippen molar-refractivity contribution < 1.29 is 0 Å². The summed E-state index contributed by atoms with van der Waals surface area (Å²) in [5.41, 5.74) is 12.8. The van der Waals surface area contributed by atoms with Crippen LogP contribution in [-0.4, -0.2) is 9.97 Å². The molecule has 0 saturated heterocycles. The smallest absolute Gasteiger partial charge is 0.128 e. The number of benzene rings is 2. The van der Waals surface area contributed by atoms with E-state index in [2.05, 4.69) is 37.0 Å². The maximum atomic E-state index is 6.23. The number of aryl methyl sites for hydroxylation is 2. The molecule has 2 heterocycles. The van der Waals surface area contributed by atoms with Gasteiger partial charge in [0.15, 0.2) is 0 Å². The number of nitrogen functional groups attached to an aromatic ring is 1. The number of hydrogen-bond acceptors (Lipinski definition) is 3. The Bertz CT molecular complexity index is 1060. The summed E-state index contributed by atoms with van der Waals surface area (Å²) in [5, 5.41) is 1.59. The summed E-state index contributed by atoms with van der Waals surface area (Å²) in [4.78, 5) is 7.89. The minimum atomic E-state index is 0.634. The molecule has 5 heteroatoms. The maximum Gasteiger partial charge on any atom is 0.128 e. The van der Waals surface area contributed by atoms with Crippen molar-refractivity contribution >= 4 is 39.0 Å². The summed E-state index contributed by atoms with van der Waals surface area (Å²) < 4.78 is 1.10. The molecule has 3 N–H and O–H groups in total. The molecular formula is C19H16ClN3S. The highest BCUT2D eigenvalue weighted by Crippen LogP contribution is 2.41. The van der Waals surface area contributed by atoms with E-state index in [0.29, 0.717) is 10.8 Å². The number of nitrogens with zero attached hydrogens (tertiary/aromatic N) is 1. The van der Waals surface area contributed by atoms with Crippen molar-refractivity contribution in [3.63, 3.8) is 0 Å². The van der Waals surface area contributed by atoms with E-state index < -0.39 is 0 Å². The van der Waals surface area contributed by atoms with Gasteiger partial charge in [0.05, 0.1) is 15.8 Å². The van der Waals surface area contributed by atoms with Gasteiger partial charge in [-0.05, 0) is 43.2 Å². The zero-order valence-corrected chi connectivity index (χ0v) is 14.9. The molecule has 0 unspecified atom stereocenters. The maximum absolute atomic E-state index is 6.23. The first-order valence-electron chi connectivity index (χ1n) is 7.64. The third kappa shape index (κ3) is 2.48. The highest BCUT2D eigenvalue weighted by Gasteiger charge is 2.18. The van der Waals surface area contributed by atoms with E-state index in [9.17, 15) is 0 Å². The van der Waals surface area contributed by atoms with Crippen molar-refractivity contribution in [3.05, 3.63) is 58.7 Å². The molecule has 0 atom stereocenters. The Kier molecular flexibility index (Phi) is 3.59. The Morgan fingerprint density at radius 1 is 1.08 bits per heavy atom. The molecule has 2 aromatic heterocycles. The fourth-order valence-corrected chi connectivity index (χ4v) is 4.19. The Labute approximate surface area is 149 Å². The summed E-state index contributed by atoms with van der Waals surface area (Å²) >= 11 is 7.71. The lowest BCUT2D eigenvalue weighted by molar-refractivity contribution is 1.38. The number of hydrogen-bond donors (Lipinski definition) is 2. The van der Waals surface area contributed by atoms with E-state index >= 15 is 0 Å². The third-order valence-electron chi connectivity index (χ3n) is 4.15. The average molecular weight is 354 g/mol. The van der Waals surface area contributed by atoms with Crippen LogP contribution in [0.2, 0.25) is 5.02 Å². The number of fused-ring (bicyclic) bond motifs is 1. The van der Waals surface area contributed by atoms with Crippen LogP contribution in [0.3, 0.4) is 0 Å². The van der Waals surface area contributed by atoms with Crippen LogP contribution in [0.1, 0.15) is 11.1 Å². The molecule has 0 aliphatic heterocycles. The largest absolute Gasteiger partial charge is 0.385 e. The Hall–Kier alpha value is -2.30. The molecule has 0 saturated carbocycles. The second-order valence-corrected chi connectivity index (χ2v) is 7.41. The lowest BCUT2D eigenvalue weighted by Crippen LogP contribution is -1.89. The third-order valence-corrected chi connectivity index (χ3v) is 5.44. The molecule has 0 radical (unpaired) electrons. The molecule has 0 aliphatic rings. The van der Waals surface area contributed by atoms with Crippen molar-refractivity contribution in [3.8, 4) is 21.7 Å². The molecule has 0 bridgehead atoms. The van der Waals surface area contributed by atoms with Crippen LogP contribution in [0.15, 0.2) is 42.6 Å². The topological polar surface area (TPSA) is 54.7 Å². The summed E-state index contributed by atoms with van der Waals surface area (Å²) in [6.07, 6.45) is 1.96. The first-order chi connectivity index (χ1) is 11.5. The van der Waals surface area contributed by atoms with Crippen molar-refractivity contribution in [1.82, 2.24) is 9.97 Å². The van der Waals surface area contributed by atoms with Crippen LogP contribution in [0.4, 0.5) is 5.82 Å². The van der Waals surface area contributed by atoms with E-state index in [1.807, 2.05) is 24.4 Å². The fraction of sp³-hybridized carbons (Fsp3) is 0.105. The lowest BCUT2D eigenvalue weighted by Gasteiger charge is -2.07. The average Bonchev–Trinajstić information content (AvgIpc) is 3.10. The van der Waals surface area contributed by atoms with Gasteiger partial charge in [-0.3, -0.25) is 0 Å². The monoisotopic (exact) mass is 353 g/mol. The number of H-pyrrole nitrogens is 1. The summed E-state index contributed by atoms with van der Waals surface area (Å²) in [6.45, 7) is 4.22. The van der Waals surface area contributed by atoms with Crippen molar-refractivity contribution in [2.24, 2.45) is 0 Å². The van der Waals surface area contributed by atoms with Gasteiger partial charge in [-0.1, -0.05) is 35.4 Å². The second-order valence-electron chi connectivity index (χ2n) is 5.94. The number of aromatic nitrogens is 2. The van der Waals surface area contributed by atoms with E-state index in [0.717, 1.165) is 26.4 Å². The molecule has 0 amide bonds. The SMILES string of the molecule is Cc1ccc(-c2c[nH]c(N)c2-c2nc3cc(Cl)ccc3s2)c(C)c1. The van der Waals surface area contributed by atoms with Gasteiger partial charge >= 0.3 is 0 Å². The van der Waals surface area contributed by atoms with E-state index in [4.69, 9.17) is 22.3 Å². The van der Waals surface area contributed by atoms with E-state index in [1.165, 1.54) is 16.7 Å². The first-order valence-corrected chi connectivity index (χ1v) is 8.83. The number of rotatable bonds is 2. The molecule has 4 aromatic rings. The van der Waals surface area contributed by atoms with Gasteiger partial charge in [-0.25, -0.2) is 4.98 Å². The van der Waals surface area contributed by atoms with Gasteiger partial charge in [-0.2, -0.15) is 0 Å². The van der Waals surface area contributed by atoms with Crippen molar-refractivity contribution in [2.75, 3.05) is 5.73 Å². The minimum Gasteiger partial charge on any atom is -0.385 e. The number of halogens is 1. The van der Waals surface area contributed by atoms with Gasteiger partial charge in [0.25, 0.3) is 0 Å². The van der Waals surface area contributed by atoms with Crippen LogP contribution in [0, 0.1) is 13.8 Å². The van der Waals surface area contributed by atoms with E-state index in [1.54, 1.807) is 11.3 Å². The van der Waals surface area contributed by atoms with Gasteiger partial charge < -0.3 is 10.7 Å². The molecule has 24 heavy (non-hydrogen) atoms. The summed E-state index contributed by atoms with van der Waals surface area (Å²) in [6, 6.07) is 12.2. The Morgan fingerprint density at radius 2 is 1.92 bits per heavy atom. The van der Waals surface area contributed by atoms with Crippen LogP contribution in [-0.2, 0) is 0 Å². The normalized spacial score (nSPS) is 11.3. The van der Waals surface area contributed by atoms with Gasteiger partial charge in [0, 0.05) is 16.8 Å². The highest BCUT2D eigenvalue weighted by molar-refractivity contribution is 7.21. The van der Waals surface area contributed by atoms with E-state index in [-0.39, 0.29) is 0 Å². The predicted molar refractivity (Wildman–Crippen MR) is 104 cm³/mol. The number of anilines is 1. The predicted octanol–water partition coefficient (Wildman–Crippen LogP) is 5.81. The first kappa shape index (κ1) is 15.2. The Morgan fingerprint density at radius 3 is 2.71 bits per heavy atom. The van der Waals surface area contributed by atoms with Gasteiger partial charge in [0.2, 0.25) is 0 Å². The molecule has 4 rings (SSSR count). The molecule has 120 valence electrons. The lowest BCUT2D eigenvalue weighted by atomic mass is 9.98. The molecule has 2 aromatic carbocycles. The summed E-state index contributed by atoms with van der Waals surface area (Å²) in [5.74, 6) is 0.634. The minimum absolute atomic E-state index is 0.634. The molecule has 0 aliphatic carbocycles. The number of aromatic amines is 1. The Balaban J connectivity index is 1.93. The standard InChI is InChI=1S/C19H16ClN3S/c1-10-3-5-13(11(2)7-10)14-9-22-18(21)17(14)19-23-15-8-12(20)4-6-16(15)24-19/h3-9,22H,21H2,1-2H3. The molecular weight excluding hydrogens is 338 g/mol. The van der Waals surface area contributed by atoms with Crippen LogP contribution >= 0.6 is 22.9 Å². The zero-order valence-electron chi connectivity index (χ0n) is 13.4. The van der Waals surface area contributed by atoms with Crippen molar-refractivity contribution in [1.29, 1.82) is 0 Å². The fourth-order valence-electron chi connectivity index (χ4n) is 3.01. The number of nitrogens with two attached hydrogens (primary N) is 1. The number of thiazole rings is 1. The summed E-state index contributed by atoms with van der Waals surface area (Å²) in [7, 11) is 0. The molecule has 0 fully saturated rings. The quantitative estimate of drug-likeness (QED) is 0.477. The van der Waals surface area contributed by atoms with Crippen LogP contribution in [0.5, 0.6) is 0 Å². The second kappa shape index (κ2) is 5.65. The number of nitrogens with one attached hydrogen (secondary N) is 1. The molecule has 0 spiro atoms. The highest BCUT2D eigenvalue weighted by atomic mass is 35.5. The van der Waals surface area contributed by atoms with Crippen LogP contribution in [0.25, 0.3) is 31.9 Å². The van der Waals surface area contributed by atoms with Gasteiger partial charge in [-0.15, -0.1) is 11.3 Å². The zero-order chi connectivity index (χ0) is 16.8.